The van der Waals surface area contributed by atoms with E-state index in [2.05, 4.69) is 15.7 Å². The van der Waals surface area contributed by atoms with Crippen LogP contribution in [0, 0.1) is 0 Å². The number of nitrogens with one attached hydrogen (secondary N) is 2. The summed E-state index contributed by atoms with van der Waals surface area (Å²) in [5, 5.41) is 9.63. The monoisotopic (exact) mass is 413 g/mol. The van der Waals surface area contributed by atoms with Gasteiger partial charge in [-0.15, -0.1) is 0 Å². The van der Waals surface area contributed by atoms with Gasteiger partial charge in [-0.05, 0) is 31.2 Å². The molecule has 0 bridgehead atoms. The Kier molecular flexibility index (Phi) is 6.45. The Morgan fingerprint density at radius 3 is 2.43 bits per heavy atom. The Morgan fingerprint density at radius 2 is 1.80 bits per heavy atom. The number of carbonyl (C=O) groups excluding carboxylic acids is 3. The van der Waals surface area contributed by atoms with Crippen molar-refractivity contribution < 1.29 is 19.1 Å². The van der Waals surface area contributed by atoms with Crippen LogP contribution >= 0.6 is 0 Å². The summed E-state index contributed by atoms with van der Waals surface area (Å²) < 4.78 is 6.11. The fourth-order valence-electron chi connectivity index (χ4n) is 3.10. The fraction of sp³-hybridized carbons (Fsp3) is 0.350. The largest absolute Gasteiger partial charge is 0.450 e. The van der Waals surface area contributed by atoms with E-state index >= 15 is 0 Å². The van der Waals surface area contributed by atoms with E-state index < -0.39 is 17.6 Å². The molecule has 3 rings (SSSR count). The van der Waals surface area contributed by atoms with E-state index in [1.165, 1.54) is 17.9 Å². The van der Waals surface area contributed by atoms with Crippen LogP contribution in [0.5, 0.6) is 0 Å². The SMILES string of the molecule is CCOC(=O)N1CCc2nn(CC(=O)Nc3ccc(NC(C)=O)cc3)c(=O)cc2C1. The van der Waals surface area contributed by atoms with Gasteiger partial charge in [0.1, 0.15) is 6.54 Å². The maximum absolute atomic E-state index is 12.4. The van der Waals surface area contributed by atoms with Gasteiger partial charge in [0.2, 0.25) is 11.8 Å². The Balaban J connectivity index is 1.64. The number of amides is 3. The molecule has 0 spiro atoms. The molecule has 158 valence electrons. The molecule has 0 saturated carbocycles. The quantitative estimate of drug-likeness (QED) is 0.763. The number of rotatable bonds is 5. The summed E-state index contributed by atoms with van der Waals surface area (Å²) in [6, 6.07) is 8.03. The smallest absolute Gasteiger partial charge is 0.410 e. The van der Waals surface area contributed by atoms with Gasteiger partial charge >= 0.3 is 6.09 Å². The molecule has 2 N–H and O–H groups in total. The molecule has 10 nitrogen and oxygen atoms in total. The zero-order valence-corrected chi connectivity index (χ0v) is 16.8. The van der Waals surface area contributed by atoms with Gasteiger partial charge in [-0.3, -0.25) is 14.4 Å². The number of benzene rings is 1. The van der Waals surface area contributed by atoms with Gasteiger partial charge in [-0.2, -0.15) is 5.10 Å². The highest BCUT2D eigenvalue weighted by Gasteiger charge is 2.24. The number of hydrogen-bond acceptors (Lipinski definition) is 6. The second-order valence-corrected chi connectivity index (χ2v) is 6.79. The van der Waals surface area contributed by atoms with Crippen LogP contribution < -0.4 is 16.2 Å². The molecule has 10 heteroatoms. The maximum Gasteiger partial charge on any atom is 0.410 e. The van der Waals surface area contributed by atoms with E-state index in [1.54, 1.807) is 31.2 Å². The van der Waals surface area contributed by atoms with Crippen molar-refractivity contribution in [1.29, 1.82) is 0 Å². The van der Waals surface area contributed by atoms with Crippen molar-refractivity contribution in [3.63, 3.8) is 0 Å². The van der Waals surface area contributed by atoms with E-state index in [-0.39, 0.29) is 25.6 Å². The van der Waals surface area contributed by atoms with Crippen LogP contribution in [0.15, 0.2) is 35.1 Å². The summed E-state index contributed by atoms with van der Waals surface area (Å²) in [5.41, 5.74) is 2.07. The molecule has 0 fully saturated rings. The number of nitrogens with zero attached hydrogens (tertiary/aromatic N) is 3. The predicted octanol–water partition coefficient (Wildman–Crippen LogP) is 1.35. The van der Waals surface area contributed by atoms with Crippen LogP contribution in [-0.2, 0) is 33.8 Å². The van der Waals surface area contributed by atoms with Gasteiger partial charge in [-0.25, -0.2) is 9.48 Å². The molecule has 2 aromatic rings. The number of fused-ring (bicyclic) bond motifs is 1. The molecule has 1 aromatic heterocycles. The minimum Gasteiger partial charge on any atom is -0.450 e. The molecule has 1 aliphatic rings. The first kappa shape index (κ1) is 21.0. The zero-order chi connectivity index (χ0) is 21.7. The number of ether oxygens (including phenoxy) is 1. The molecular formula is C20H23N5O5. The third kappa shape index (κ3) is 5.22. The predicted molar refractivity (Wildman–Crippen MR) is 109 cm³/mol. The highest BCUT2D eigenvalue weighted by Crippen LogP contribution is 2.16. The second kappa shape index (κ2) is 9.21. The molecule has 0 unspecified atom stereocenters. The Hall–Kier alpha value is -3.69. The lowest BCUT2D eigenvalue weighted by Crippen LogP contribution is -2.39. The van der Waals surface area contributed by atoms with Crippen molar-refractivity contribution in [2.24, 2.45) is 0 Å². The summed E-state index contributed by atoms with van der Waals surface area (Å²) >= 11 is 0. The van der Waals surface area contributed by atoms with Gasteiger partial charge in [-0.1, -0.05) is 0 Å². The van der Waals surface area contributed by atoms with Crippen molar-refractivity contribution in [1.82, 2.24) is 14.7 Å². The number of aromatic nitrogens is 2. The van der Waals surface area contributed by atoms with Gasteiger partial charge < -0.3 is 20.3 Å². The van der Waals surface area contributed by atoms with Crippen molar-refractivity contribution in [2.75, 3.05) is 23.8 Å². The first-order valence-corrected chi connectivity index (χ1v) is 9.55. The van der Waals surface area contributed by atoms with Gasteiger partial charge in [0.05, 0.1) is 18.8 Å². The molecule has 0 atom stereocenters. The van der Waals surface area contributed by atoms with Crippen LogP contribution in [0.3, 0.4) is 0 Å². The summed E-state index contributed by atoms with van der Waals surface area (Å²) in [6.45, 7) is 3.88. The van der Waals surface area contributed by atoms with Crippen LogP contribution in [0.1, 0.15) is 25.1 Å². The van der Waals surface area contributed by atoms with Gasteiger partial charge in [0.15, 0.2) is 0 Å². The summed E-state index contributed by atoms with van der Waals surface area (Å²) in [7, 11) is 0. The Bertz CT molecular complexity index is 1020. The minimum atomic E-state index is -0.421. The van der Waals surface area contributed by atoms with Gasteiger partial charge in [0.25, 0.3) is 5.56 Å². The average Bonchev–Trinajstić information content (AvgIpc) is 2.69. The molecule has 1 aromatic carbocycles. The summed E-state index contributed by atoms with van der Waals surface area (Å²) in [6.07, 6.45) is 0.0527. The van der Waals surface area contributed by atoms with Crippen molar-refractivity contribution in [3.8, 4) is 0 Å². The molecule has 3 amide bonds. The zero-order valence-electron chi connectivity index (χ0n) is 16.8. The summed E-state index contributed by atoms with van der Waals surface area (Å²) in [4.78, 5) is 49.2. The van der Waals surface area contributed by atoms with Crippen LogP contribution in [0.2, 0.25) is 0 Å². The third-order valence-electron chi connectivity index (χ3n) is 4.45. The van der Waals surface area contributed by atoms with Crippen molar-refractivity contribution >= 4 is 29.3 Å². The fourth-order valence-corrected chi connectivity index (χ4v) is 3.10. The van der Waals surface area contributed by atoms with Crippen molar-refractivity contribution in [2.45, 2.75) is 33.4 Å². The molecule has 2 heterocycles. The lowest BCUT2D eigenvalue weighted by Gasteiger charge is -2.27. The first-order valence-electron chi connectivity index (χ1n) is 9.55. The van der Waals surface area contributed by atoms with E-state index in [9.17, 15) is 19.2 Å². The maximum atomic E-state index is 12.4. The molecule has 1 aliphatic heterocycles. The van der Waals surface area contributed by atoms with Crippen molar-refractivity contribution in [3.05, 3.63) is 51.9 Å². The third-order valence-corrected chi connectivity index (χ3v) is 4.45. The highest BCUT2D eigenvalue weighted by atomic mass is 16.6. The van der Waals surface area contributed by atoms with Crippen LogP contribution in [0.4, 0.5) is 16.2 Å². The standard InChI is InChI=1S/C20H23N5O5/c1-3-30-20(29)24-9-8-17-14(11-24)10-19(28)25(23-17)12-18(27)22-16-6-4-15(5-7-16)21-13(2)26/h4-7,10H,3,8-9,11-12H2,1-2H3,(H,21,26)(H,22,27). The lowest BCUT2D eigenvalue weighted by molar-refractivity contribution is -0.117. The van der Waals surface area contributed by atoms with E-state index in [0.717, 1.165) is 4.68 Å². The van der Waals surface area contributed by atoms with Gasteiger partial charge in [0, 0.05) is 42.9 Å². The summed E-state index contributed by atoms with van der Waals surface area (Å²) in [5.74, 6) is -0.587. The lowest BCUT2D eigenvalue weighted by atomic mass is 10.1. The Morgan fingerprint density at radius 1 is 1.13 bits per heavy atom. The van der Waals surface area contributed by atoms with E-state index in [4.69, 9.17) is 4.74 Å². The number of hydrogen-bond donors (Lipinski definition) is 2. The Labute approximate surface area is 172 Å². The molecular weight excluding hydrogens is 390 g/mol. The average molecular weight is 413 g/mol. The number of carbonyl (C=O) groups is 3. The topological polar surface area (TPSA) is 123 Å². The van der Waals surface area contributed by atoms with Crippen LogP contribution in [-0.4, -0.2) is 45.7 Å². The normalized spacial score (nSPS) is 12.7. The van der Waals surface area contributed by atoms with Crippen LogP contribution in [0.25, 0.3) is 0 Å². The van der Waals surface area contributed by atoms with E-state index in [1.807, 2.05) is 0 Å². The molecule has 0 saturated heterocycles. The molecule has 30 heavy (non-hydrogen) atoms. The van der Waals surface area contributed by atoms with E-state index in [0.29, 0.717) is 35.6 Å². The highest BCUT2D eigenvalue weighted by molar-refractivity contribution is 5.92. The first-order chi connectivity index (χ1) is 14.4. The minimum absolute atomic E-state index is 0.185. The number of anilines is 2. The second-order valence-electron chi connectivity index (χ2n) is 6.79. The molecule has 0 aliphatic carbocycles. The molecule has 0 radical (unpaired) electrons.